The van der Waals surface area contributed by atoms with Crippen LogP contribution in [0.5, 0.6) is 0 Å². The van der Waals surface area contributed by atoms with E-state index in [0.717, 1.165) is 0 Å². The lowest BCUT2D eigenvalue weighted by molar-refractivity contribution is 0.608. The first kappa shape index (κ1) is 12.1. The number of halogens is 3. The SMILES string of the molecule is Cc1c(Cl)cc(Cl)c(C)c1S(=O)(=O)Cl. The van der Waals surface area contributed by atoms with Crippen LogP contribution in [0.1, 0.15) is 11.1 Å². The van der Waals surface area contributed by atoms with Crippen LogP contribution in [0.2, 0.25) is 10.0 Å². The van der Waals surface area contributed by atoms with Gasteiger partial charge in [-0.25, -0.2) is 8.42 Å². The summed E-state index contributed by atoms with van der Waals surface area (Å²) >= 11 is 11.6. The van der Waals surface area contributed by atoms with E-state index in [4.69, 9.17) is 33.9 Å². The molecule has 0 aromatic heterocycles. The molecule has 0 aliphatic rings. The molecule has 78 valence electrons. The molecule has 0 amide bonds. The maximum atomic E-state index is 11.2. The van der Waals surface area contributed by atoms with Gasteiger partial charge in [-0.1, -0.05) is 23.2 Å². The summed E-state index contributed by atoms with van der Waals surface area (Å²) in [7, 11) is 1.46. The zero-order valence-electron chi connectivity index (χ0n) is 7.44. The summed E-state index contributed by atoms with van der Waals surface area (Å²) < 4.78 is 22.5. The second-order valence-corrected chi connectivity index (χ2v) is 6.17. The third kappa shape index (κ3) is 2.16. The van der Waals surface area contributed by atoms with Gasteiger partial charge < -0.3 is 0 Å². The van der Waals surface area contributed by atoms with Crippen molar-refractivity contribution in [2.45, 2.75) is 18.7 Å². The Hall–Kier alpha value is 0.0400. The summed E-state index contributed by atoms with van der Waals surface area (Å²) in [6, 6.07) is 1.50. The molecule has 0 heterocycles. The van der Waals surface area contributed by atoms with E-state index in [1.54, 1.807) is 13.8 Å². The Kier molecular flexibility index (Phi) is 3.37. The van der Waals surface area contributed by atoms with E-state index in [1.165, 1.54) is 6.07 Å². The minimum atomic E-state index is -3.81. The number of hydrogen-bond donors (Lipinski definition) is 0. The lowest BCUT2D eigenvalue weighted by atomic mass is 10.1. The van der Waals surface area contributed by atoms with Crippen LogP contribution in [-0.2, 0) is 9.05 Å². The van der Waals surface area contributed by atoms with Crippen molar-refractivity contribution in [3.8, 4) is 0 Å². The fourth-order valence-corrected chi connectivity index (χ4v) is 3.41. The van der Waals surface area contributed by atoms with Crippen LogP contribution in [0.3, 0.4) is 0 Å². The molecule has 0 saturated heterocycles. The number of rotatable bonds is 1. The molecule has 6 heteroatoms. The summed E-state index contributed by atoms with van der Waals surface area (Å²) in [5.74, 6) is 0. The normalized spacial score (nSPS) is 11.8. The highest BCUT2D eigenvalue weighted by atomic mass is 35.7. The van der Waals surface area contributed by atoms with Gasteiger partial charge in [0.15, 0.2) is 0 Å². The van der Waals surface area contributed by atoms with Gasteiger partial charge in [-0.05, 0) is 31.0 Å². The minimum absolute atomic E-state index is 0.00309. The lowest BCUT2D eigenvalue weighted by Crippen LogP contribution is -1.99. The molecule has 0 radical (unpaired) electrons. The molecule has 2 nitrogen and oxygen atoms in total. The average Bonchev–Trinajstić information content (AvgIpc) is 1.98. The van der Waals surface area contributed by atoms with Crippen molar-refractivity contribution in [1.29, 1.82) is 0 Å². The van der Waals surface area contributed by atoms with Crippen molar-refractivity contribution >= 4 is 42.9 Å². The van der Waals surface area contributed by atoms with Crippen LogP contribution in [0.15, 0.2) is 11.0 Å². The second kappa shape index (κ2) is 3.89. The molecule has 14 heavy (non-hydrogen) atoms. The summed E-state index contributed by atoms with van der Waals surface area (Å²) in [5, 5.41) is 0.583. The van der Waals surface area contributed by atoms with Crippen molar-refractivity contribution in [3.05, 3.63) is 27.2 Å². The van der Waals surface area contributed by atoms with Crippen LogP contribution >= 0.6 is 33.9 Å². The van der Waals surface area contributed by atoms with Crippen molar-refractivity contribution in [1.82, 2.24) is 0 Å². The van der Waals surface area contributed by atoms with Gasteiger partial charge in [0.2, 0.25) is 0 Å². The van der Waals surface area contributed by atoms with Gasteiger partial charge in [0.05, 0.1) is 4.90 Å². The Morgan fingerprint density at radius 1 is 1.07 bits per heavy atom. The van der Waals surface area contributed by atoms with E-state index >= 15 is 0 Å². The zero-order chi connectivity index (χ0) is 11.1. The second-order valence-electron chi connectivity index (χ2n) is 2.86. The molecule has 0 bridgehead atoms. The van der Waals surface area contributed by atoms with Crippen molar-refractivity contribution in [3.63, 3.8) is 0 Å². The summed E-state index contributed by atoms with van der Waals surface area (Å²) in [6.07, 6.45) is 0. The van der Waals surface area contributed by atoms with Crippen LogP contribution in [-0.4, -0.2) is 8.42 Å². The van der Waals surface area contributed by atoms with E-state index in [1.807, 2.05) is 0 Å². The maximum absolute atomic E-state index is 11.2. The van der Waals surface area contributed by atoms with Gasteiger partial charge in [0, 0.05) is 20.7 Å². The average molecular weight is 274 g/mol. The predicted octanol–water partition coefficient (Wildman–Crippen LogP) is 3.54. The van der Waals surface area contributed by atoms with Crippen molar-refractivity contribution < 1.29 is 8.42 Å². The van der Waals surface area contributed by atoms with Crippen molar-refractivity contribution in [2.24, 2.45) is 0 Å². The maximum Gasteiger partial charge on any atom is 0.261 e. The first-order valence-corrected chi connectivity index (χ1v) is 6.71. The fourth-order valence-electron chi connectivity index (χ4n) is 1.19. The highest BCUT2D eigenvalue weighted by Gasteiger charge is 2.20. The summed E-state index contributed by atoms with van der Waals surface area (Å²) in [6.45, 7) is 3.17. The van der Waals surface area contributed by atoms with E-state index < -0.39 is 9.05 Å². The quantitative estimate of drug-likeness (QED) is 0.734. The standard InChI is InChI=1S/C8H7Cl3O2S/c1-4-6(9)3-7(10)5(2)8(4)14(11,12)13/h3H,1-2H3. The molecule has 0 fully saturated rings. The van der Waals surface area contributed by atoms with Crippen LogP contribution in [0.4, 0.5) is 0 Å². The minimum Gasteiger partial charge on any atom is -0.207 e. The molecular weight excluding hydrogens is 267 g/mol. The Morgan fingerprint density at radius 3 is 1.71 bits per heavy atom. The summed E-state index contributed by atoms with van der Waals surface area (Å²) in [5.41, 5.74) is 0.840. The highest BCUT2D eigenvalue weighted by molar-refractivity contribution is 8.13. The van der Waals surface area contributed by atoms with E-state index in [2.05, 4.69) is 0 Å². The molecule has 1 aromatic rings. The molecule has 0 atom stereocenters. The van der Waals surface area contributed by atoms with Crippen LogP contribution in [0.25, 0.3) is 0 Å². The zero-order valence-corrected chi connectivity index (χ0v) is 10.5. The molecule has 0 aliphatic heterocycles. The summed E-state index contributed by atoms with van der Waals surface area (Å²) in [4.78, 5) is -0.00309. The Bertz CT molecular complexity index is 454. The molecule has 1 aromatic carbocycles. The third-order valence-electron chi connectivity index (χ3n) is 1.89. The van der Waals surface area contributed by atoms with Gasteiger partial charge in [-0.15, -0.1) is 0 Å². The van der Waals surface area contributed by atoms with E-state index in [9.17, 15) is 8.42 Å². The number of benzene rings is 1. The van der Waals surface area contributed by atoms with E-state index in [-0.39, 0.29) is 4.90 Å². The first-order valence-electron chi connectivity index (χ1n) is 3.65. The van der Waals surface area contributed by atoms with Crippen molar-refractivity contribution in [2.75, 3.05) is 0 Å². The molecular formula is C8H7Cl3O2S. The third-order valence-corrected chi connectivity index (χ3v) is 4.24. The van der Waals surface area contributed by atoms with Gasteiger partial charge in [0.1, 0.15) is 0 Å². The van der Waals surface area contributed by atoms with Crippen LogP contribution < -0.4 is 0 Å². The van der Waals surface area contributed by atoms with Gasteiger partial charge in [-0.2, -0.15) is 0 Å². The lowest BCUT2D eigenvalue weighted by Gasteiger charge is -2.09. The molecule has 1 rings (SSSR count). The topological polar surface area (TPSA) is 34.1 Å². The smallest absolute Gasteiger partial charge is 0.207 e. The largest absolute Gasteiger partial charge is 0.261 e. The monoisotopic (exact) mass is 272 g/mol. The Labute approximate surface area is 97.2 Å². The van der Waals surface area contributed by atoms with Gasteiger partial charge in [0.25, 0.3) is 9.05 Å². The van der Waals surface area contributed by atoms with E-state index in [0.29, 0.717) is 21.2 Å². The molecule has 0 saturated carbocycles. The Balaban J connectivity index is 3.74. The van der Waals surface area contributed by atoms with Crippen LogP contribution in [0, 0.1) is 13.8 Å². The fraction of sp³-hybridized carbons (Fsp3) is 0.250. The van der Waals surface area contributed by atoms with Gasteiger partial charge in [-0.3, -0.25) is 0 Å². The molecule has 0 spiro atoms. The molecule has 0 aliphatic carbocycles. The highest BCUT2D eigenvalue weighted by Crippen LogP contribution is 2.33. The number of hydrogen-bond acceptors (Lipinski definition) is 2. The van der Waals surface area contributed by atoms with Gasteiger partial charge >= 0.3 is 0 Å². The molecule has 0 N–H and O–H groups in total. The Morgan fingerprint density at radius 2 is 1.43 bits per heavy atom. The molecule has 0 unspecified atom stereocenters. The first-order chi connectivity index (χ1) is 6.25. The predicted molar refractivity (Wildman–Crippen MR) is 59.0 cm³/mol.